The van der Waals surface area contributed by atoms with Gasteiger partial charge in [0.25, 0.3) is 0 Å². The second-order valence-electron chi connectivity index (χ2n) is 6.83. The van der Waals surface area contributed by atoms with Gasteiger partial charge in [0.05, 0.1) is 0 Å². The third kappa shape index (κ3) is 3.74. The monoisotopic (exact) mass is 291 g/mol. The topological polar surface area (TPSA) is 18.5 Å². The van der Waals surface area contributed by atoms with E-state index in [9.17, 15) is 4.39 Å². The van der Waals surface area contributed by atoms with Crippen LogP contribution in [0, 0.1) is 11.2 Å². The predicted molar refractivity (Wildman–Crippen MR) is 85.3 cm³/mol. The fourth-order valence-electron chi connectivity index (χ4n) is 3.61. The summed E-state index contributed by atoms with van der Waals surface area (Å²) in [5.74, 6) is -0.157. The summed E-state index contributed by atoms with van der Waals surface area (Å²) in [4.78, 5) is 4.95. The fourth-order valence-corrected chi connectivity index (χ4v) is 3.61. The van der Waals surface area contributed by atoms with Gasteiger partial charge in [-0.2, -0.15) is 0 Å². The number of piperidine rings is 1. The molecule has 3 rings (SSSR count). The summed E-state index contributed by atoms with van der Waals surface area (Å²) < 4.78 is 13.0. The Kier molecular flexibility index (Phi) is 4.45. The van der Waals surface area contributed by atoms with E-state index >= 15 is 0 Å². The van der Waals surface area contributed by atoms with Crippen molar-refractivity contribution in [3.8, 4) is 0 Å². The third-order valence-electron chi connectivity index (χ3n) is 4.86. The zero-order valence-electron chi connectivity index (χ0n) is 12.9. The van der Waals surface area contributed by atoms with Gasteiger partial charge in [0.1, 0.15) is 5.82 Å². The molecule has 1 aromatic carbocycles. The maximum absolute atomic E-state index is 13.0. The number of hydrogen-bond acceptors (Lipinski definition) is 3. The molecule has 2 aliphatic heterocycles. The molecule has 1 atom stereocenters. The molecular formula is C17H26FN3. The van der Waals surface area contributed by atoms with E-state index in [1.807, 2.05) is 12.1 Å². The quantitative estimate of drug-likeness (QED) is 0.922. The van der Waals surface area contributed by atoms with Crippen LogP contribution in [0.4, 0.5) is 10.1 Å². The lowest BCUT2D eigenvalue weighted by Crippen LogP contribution is -2.52. The van der Waals surface area contributed by atoms with Crippen LogP contribution in [0.25, 0.3) is 0 Å². The highest BCUT2D eigenvalue weighted by molar-refractivity contribution is 5.46. The number of hydrogen-bond donors (Lipinski definition) is 1. The molecule has 1 N–H and O–H groups in total. The Bertz CT molecular complexity index is 446. The molecule has 0 saturated carbocycles. The molecule has 2 saturated heterocycles. The van der Waals surface area contributed by atoms with E-state index in [0.29, 0.717) is 5.41 Å². The molecule has 2 fully saturated rings. The summed E-state index contributed by atoms with van der Waals surface area (Å²) in [7, 11) is 0. The minimum Gasteiger partial charge on any atom is -0.369 e. The first-order chi connectivity index (χ1) is 10.1. The molecule has 0 aromatic heterocycles. The number of anilines is 1. The maximum Gasteiger partial charge on any atom is 0.123 e. The van der Waals surface area contributed by atoms with Crippen molar-refractivity contribution < 1.29 is 4.39 Å². The average Bonchev–Trinajstić information content (AvgIpc) is 2.49. The Labute approximate surface area is 127 Å². The highest BCUT2D eigenvalue weighted by Crippen LogP contribution is 2.27. The SMILES string of the molecule is CC1(CN2CCN(c3ccc(F)cc3)CC2)CCCNC1. The van der Waals surface area contributed by atoms with Crippen LogP contribution in [-0.4, -0.2) is 50.7 Å². The van der Waals surface area contributed by atoms with E-state index < -0.39 is 0 Å². The molecule has 2 aliphatic rings. The molecule has 0 bridgehead atoms. The van der Waals surface area contributed by atoms with Crippen LogP contribution in [-0.2, 0) is 0 Å². The van der Waals surface area contributed by atoms with Gasteiger partial charge < -0.3 is 10.2 Å². The number of benzene rings is 1. The van der Waals surface area contributed by atoms with Crippen molar-refractivity contribution in [1.29, 1.82) is 0 Å². The first-order valence-corrected chi connectivity index (χ1v) is 8.08. The average molecular weight is 291 g/mol. The molecular weight excluding hydrogens is 265 g/mol. The van der Waals surface area contributed by atoms with Crippen molar-refractivity contribution in [3.05, 3.63) is 30.1 Å². The summed E-state index contributed by atoms with van der Waals surface area (Å²) in [6.45, 7) is 10.2. The van der Waals surface area contributed by atoms with Crippen molar-refractivity contribution in [2.24, 2.45) is 5.41 Å². The van der Waals surface area contributed by atoms with Crippen molar-refractivity contribution >= 4 is 5.69 Å². The molecule has 0 spiro atoms. The van der Waals surface area contributed by atoms with Crippen molar-refractivity contribution in [3.63, 3.8) is 0 Å². The molecule has 0 amide bonds. The highest BCUT2D eigenvalue weighted by Gasteiger charge is 2.30. The largest absolute Gasteiger partial charge is 0.369 e. The molecule has 21 heavy (non-hydrogen) atoms. The summed E-state index contributed by atoms with van der Waals surface area (Å²) in [5.41, 5.74) is 1.57. The normalized spacial score (nSPS) is 27.8. The van der Waals surface area contributed by atoms with Gasteiger partial charge in [-0.3, -0.25) is 4.90 Å². The summed E-state index contributed by atoms with van der Waals surface area (Å²) in [5, 5.41) is 3.53. The van der Waals surface area contributed by atoms with E-state index in [2.05, 4.69) is 22.0 Å². The van der Waals surface area contributed by atoms with E-state index in [-0.39, 0.29) is 5.82 Å². The van der Waals surface area contributed by atoms with Gasteiger partial charge in [-0.1, -0.05) is 6.92 Å². The molecule has 3 nitrogen and oxygen atoms in total. The fraction of sp³-hybridized carbons (Fsp3) is 0.647. The molecule has 2 heterocycles. The maximum atomic E-state index is 13.0. The zero-order chi connectivity index (χ0) is 14.7. The summed E-state index contributed by atoms with van der Waals surface area (Å²) in [6.07, 6.45) is 2.63. The van der Waals surface area contributed by atoms with Crippen molar-refractivity contribution in [1.82, 2.24) is 10.2 Å². The van der Waals surface area contributed by atoms with Crippen LogP contribution in [0.2, 0.25) is 0 Å². The van der Waals surface area contributed by atoms with Crippen LogP contribution in [0.1, 0.15) is 19.8 Å². The van der Waals surface area contributed by atoms with Gasteiger partial charge in [-0.15, -0.1) is 0 Å². The predicted octanol–water partition coefficient (Wildman–Crippen LogP) is 2.34. The number of piperazine rings is 1. The summed E-state index contributed by atoms with van der Waals surface area (Å²) in [6, 6.07) is 6.88. The number of halogens is 1. The van der Waals surface area contributed by atoms with E-state index in [1.165, 1.54) is 25.9 Å². The zero-order valence-corrected chi connectivity index (χ0v) is 12.9. The minimum atomic E-state index is -0.157. The Morgan fingerprint density at radius 2 is 1.86 bits per heavy atom. The third-order valence-corrected chi connectivity index (χ3v) is 4.86. The lowest BCUT2D eigenvalue weighted by molar-refractivity contribution is 0.128. The molecule has 1 unspecified atom stereocenters. The number of nitrogens with one attached hydrogen (secondary N) is 1. The van der Waals surface area contributed by atoms with Gasteiger partial charge in [0.15, 0.2) is 0 Å². The Hall–Kier alpha value is -1.13. The minimum absolute atomic E-state index is 0.157. The highest BCUT2D eigenvalue weighted by atomic mass is 19.1. The van der Waals surface area contributed by atoms with Gasteiger partial charge in [0, 0.05) is 45.0 Å². The second-order valence-corrected chi connectivity index (χ2v) is 6.83. The van der Waals surface area contributed by atoms with Gasteiger partial charge in [-0.25, -0.2) is 4.39 Å². The van der Waals surface area contributed by atoms with Gasteiger partial charge in [0.2, 0.25) is 0 Å². The van der Waals surface area contributed by atoms with E-state index in [1.54, 1.807) is 12.1 Å². The Morgan fingerprint density at radius 3 is 2.48 bits per heavy atom. The number of rotatable bonds is 3. The van der Waals surface area contributed by atoms with Crippen molar-refractivity contribution in [2.75, 3.05) is 50.7 Å². The molecule has 116 valence electrons. The smallest absolute Gasteiger partial charge is 0.123 e. The first kappa shape index (κ1) is 14.8. The lowest BCUT2D eigenvalue weighted by atomic mass is 9.82. The van der Waals surface area contributed by atoms with E-state index in [0.717, 1.165) is 38.4 Å². The molecule has 0 radical (unpaired) electrons. The summed E-state index contributed by atoms with van der Waals surface area (Å²) >= 11 is 0. The van der Waals surface area contributed by atoms with E-state index in [4.69, 9.17) is 0 Å². The standard InChI is InChI=1S/C17H26FN3/c1-17(7-2-8-19-13-17)14-20-9-11-21(12-10-20)16-5-3-15(18)4-6-16/h3-6,19H,2,7-14H2,1H3. The molecule has 4 heteroatoms. The lowest BCUT2D eigenvalue weighted by Gasteiger charge is -2.42. The van der Waals surface area contributed by atoms with Gasteiger partial charge >= 0.3 is 0 Å². The van der Waals surface area contributed by atoms with Crippen molar-refractivity contribution in [2.45, 2.75) is 19.8 Å². The second kappa shape index (κ2) is 6.32. The first-order valence-electron chi connectivity index (χ1n) is 8.08. The van der Waals surface area contributed by atoms with Gasteiger partial charge in [-0.05, 0) is 49.1 Å². The van der Waals surface area contributed by atoms with Crippen LogP contribution >= 0.6 is 0 Å². The Morgan fingerprint density at radius 1 is 1.14 bits per heavy atom. The number of nitrogens with zero attached hydrogens (tertiary/aromatic N) is 2. The van der Waals surface area contributed by atoms with Crippen LogP contribution in [0.15, 0.2) is 24.3 Å². The molecule has 1 aromatic rings. The van der Waals surface area contributed by atoms with Crippen LogP contribution in [0.3, 0.4) is 0 Å². The van der Waals surface area contributed by atoms with Crippen LogP contribution < -0.4 is 10.2 Å². The Balaban J connectivity index is 1.51. The molecule has 0 aliphatic carbocycles. The van der Waals surface area contributed by atoms with Crippen LogP contribution in [0.5, 0.6) is 0 Å².